The van der Waals surface area contributed by atoms with E-state index in [1.807, 2.05) is 54.6 Å². The number of hydrogen-bond acceptors (Lipinski definition) is 5. The van der Waals surface area contributed by atoms with Crippen LogP contribution in [0, 0.1) is 0 Å². The zero-order valence-electron chi connectivity index (χ0n) is 13.1. The minimum atomic E-state index is -0.559. The molecule has 24 heavy (non-hydrogen) atoms. The van der Waals surface area contributed by atoms with E-state index in [4.69, 9.17) is 4.74 Å². The molecule has 3 rings (SSSR count). The molecule has 0 bridgehead atoms. The maximum Gasteiger partial charge on any atom is 0.235 e. The minimum Gasteiger partial charge on any atom is -0.497 e. The van der Waals surface area contributed by atoms with Gasteiger partial charge >= 0.3 is 0 Å². The van der Waals surface area contributed by atoms with Crippen LogP contribution >= 0.6 is 0 Å². The van der Waals surface area contributed by atoms with Crippen LogP contribution in [-0.4, -0.2) is 33.6 Å². The predicted molar refractivity (Wildman–Crippen MR) is 88.7 cm³/mol. The Morgan fingerprint density at radius 1 is 1.21 bits per heavy atom. The van der Waals surface area contributed by atoms with Crippen LogP contribution in [0.5, 0.6) is 5.75 Å². The topological polar surface area (TPSA) is 92.8 Å². The van der Waals surface area contributed by atoms with E-state index < -0.39 is 5.92 Å². The molecular weight excluding hydrogens is 306 g/mol. The second kappa shape index (κ2) is 7.36. The molecule has 2 N–H and O–H groups in total. The molecule has 0 fully saturated rings. The van der Waals surface area contributed by atoms with Gasteiger partial charge in [0.1, 0.15) is 11.7 Å². The van der Waals surface area contributed by atoms with E-state index in [0.717, 1.165) is 17.0 Å². The standard InChI is InChI=1S/C17H17N5O2/c1-24-14-9-5-6-12(10-14)11-15(16-19-21-22-20-16)17(23)18-13-7-3-2-4-8-13/h2-10,15H,11H2,1H3,(H,18,23)(H,19,20,21,22). The Bertz CT molecular complexity index is 790. The SMILES string of the molecule is COc1cccc(CC(C(=O)Nc2ccccc2)c2nn[nH]n2)c1. The van der Waals surface area contributed by atoms with Crippen molar-refractivity contribution in [3.63, 3.8) is 0 Å². The third-order valence-electron chi connectivity index (χ3n) is 3.61. The summed E-state index contributed by atoms with van der Waals surface area (Å²) in [5, 5.41) is 16.8. The smallest absolute Gasteiger partial charge is 0.235 e. The number of ether oxygens (including phenoxy) is 1. The van der Waals surface area contributed by atoms with Gasteiger partial charge in [0.05, 0.1) is 7.11 Å². The summed E-state index contributed by atoms with van der Waals surface area (Å²) in [5.74, 6) is 0.343. The molecule has 0 saturated carbocycles. The molecule has 1 heterocycles. The number of methoxy groups -OCH3 is 1. The number of anilines is 1. The Morgan fingerprint density at radius 2 is 2.04 bits per heavy atom. The third kappa shape index (κ3) is 3.75. The number of nitrogens with zero attached hydrogens (tertiary/aromatic N) is 3. The van der Waals surface area contributed by atoms with Gasteiger partial charge in [0.2, 0.25) is 5.91 Å². The fourth-order valence-electron chi connectivity index (χ4n) is 2.40. The summed E-state index contributed by atoms with van der Waals surface area (Å²) in [5.41, 5.74) is 1.67. The Balaban J connectivity index is 1.82. The number of carbonyl (C=O) groups is 1. The largest absolute Gasteiger partial charge is 0.497 e. The zero-order valence-corrected chi connectivity index (χ0v) is 13.1. The molecule has 0 saturated heterocycles. The lowest BCUT2D eigenvalue weighted by atomic mass is 9.97. The second-order valence-corrected chi connectivity index (χ2v) is 5.23. The highest BCUT2D eigenvalue weighted by molar-refractivity contribution is 5.95. The molecule has 1 unspecified atom stereocenters. The zero-order chi connectivity index (χ0) is 16.8. The lowest BCUT2D eigenvalue weighted by Crippen LogP contribution is -2.24. The van der Waals surface area contributed by atoms with Gasteiger partial charge < -0.3 is 10.1 Å². The average Bonchev–Trinajstić information content (AvgIpc) is 3.15. The van der Waals surface area contributed by atoms with Gasteiger partial charge in [0.25, 0.3) is 0 Å². The van der Waals surface area contributed by atoms with Crippen molar-refractivity contribution in [2.75, 3.05) is 12.4 Å². The first-order valence-corrected chi connectivity index (χ1v) is 7.48. The van der Waals surface area contributed by atoms with Crippen molar-refractivity contribution in [3.05, 3.63) is 66.0 Å². The van der Waals surface area contributed by atoms with Gasteiger partial charge in [-0.15, -0.1) is 10.2 Å². The monoisotopic (exact) mass is 323 g/mol. The summed E-state index contributed by atoms with van der Waals surface area (Å²) in [7, 11) is 1.61. The molecule has 7 heteroatoms. The molecule has 0 aliphatic heterocycles. The van der Waals surface area contributed by atoms with Crippen molar-refractivity contribution in [2.24, 2.45) is 0 Å². The third-order valence-corrected chi connectivity index (χ3v) is 3.61. The van der Waals surface area contributed by atoms with Crippen LogP contribution in [0.2, 0.25) is 0 Å². The second-order valence-electron chi connectivity index (χ2n) is 5.23. The highest BCUT2D eigenvalue weighted by Gasteiger charge is 2.25. The van der Waals surface area contributed by atoms with Gasteiger partial charge in [0.15, 0.2) is 5.82 Å². The van der Waals surface area contributed by atoms with Crippen LogP contribution < -0.4 is 10.1 Å². The van der Waals surface area contributed by atoms with Gasteiger partial charge in [0, 0.05) is 5.69 Å². The van der Waals surface area contributed by atoms with E-state index in [1.54, 1.807) is 7.11 Å². The van der Waals surface area contributed by atoms with E-state index in [1.165, 1.54) is 0 Å². The van der Waals surface area contributed by atoms with Gasteiger partial charge in [-0.25, -0.2) is 0 Å². The van der Waals surface area contributed by atoms with Crippen LogP contribution in [0.3, 0.4) is 0 Å². The van der Waals surface area contributed by atoms with Gasteiger partial charge in [-0.2, -0.15) is 5.21 Å². The predicted octanol–water partition coefficient (Wildman–Crippen LogP) is 2.17. The molecule has 2 aromatic carbocycles. The molecule has 1 aromatic heterocycles. The number of aromatic amines is 1. The first kappa shape index (κ1) is 15.7. The van der Waals surface area contributed by atoms with Crippen molar-refractivity contribution in [2.45, 2.75) is 12.3 Å². The van der Waals surface area contributed by atoms with Crippen molar-refractivity contribution < 1.29 is 9.53 Å². The fourth-order valence-corrected chi connectivity index (χ4v) is 2.40. The molecule has 1 amide bonds. The van der Waals surface area contributed by atoms with Crippen LogP contribution in [0.15, 0.2) is 54.6 Å². The van der Waals surface area contributed by atoms with Crippen molar-refractivity contribution in [1.29, 1.82) is 0 Å². The van der Waals surface area contributed by atoms with E-state index in [-0.39, 0.29) is 5.91 Å². The van der Waals surface area contributed by atoms with Crippen molar-refractivity contribution >= 4 is 11.6 Å². The molecule has 1 atom stereocenters. The number of carbonyl (C=O) groups excluding carboxylic acids is 1. The van der Waals surface area contributed by atoms with Gasteiger partial charge in [-0.05, 0) is 36.2 Å². The molecule has 122 valence electrons. The number of nitrogens with one attached hydrogen (secondary N) is 2. The molecule has 0 aliphatic carbocycles. The summed E-state index contributed by atoms with van der Waals surface area (Å²) in [6, 6.07) is 16.8. The molecule has 0 spiro atoms. The summed E-state index contributed by atoms with van der Waals surface area (Å²) >= 11 is 0. The normalized spacial score (nSPS) is 11.7. The van der Waals surface area contributed by atoms with E-state index in [9.17, 15) is 4.79 Å². The number of H-pyrrole nitrogens is 1. The van der Waals surface area contributed by atoms with Crippen LogP contribution in [0.1, 0.15) is 17.3 Å². The minimum absolute atomic E-state index is 0.189. The summed E-state index contributed by atoms with van der Waals surface area (Å²) in [4.78, 5) is 12.7. The van der Waals surface area contributed by atoms with Gasteiger partial charge in [-0.1, -0.05) is 35.5 Å². The maximum atomic E-state index is 12.7. The number of para-hydroxylation sites is 1. The van der Waals surface area contributed by atoms with E-state index >= 15 is 0 Å². The van der Waals surface area contributed by atoms with Crippen LogP contribution in [-0.2, 0) is 11.2 Å². The maximum absolute atomic E-state index is 12.7. The molecule has 0 aliphatic rings. The summed E-state index contributed by atoms with van der Waals surface area (Å²) in [6.45, 7) is 0. The lowest BCUT2D eigenvalue weighted by molar-refractivity contribution is -0.117. The first-order valence-electron chi connectivity index (χ1n) is 7.48. The Labute approximate surface area is 139 Å². The molecular formula is C17H17N5O2. The van der Waals surface area contributed by atoms with Crippen LogP contribution in [0.25, 0.3) is 0 Å². The Hall–Kier alpha value is -3.22. The number of aromatic nitrogens is 4. The highest BCUT2D eigenvalue weighted by Crippen LogP contribution is 2.22. The van der Waals surface area contributed by atoms with Gasteiger partial charge in [-0.3, -0.25) is 4.79 Å². The van der Waals surface area contributed by atoms with E-state index in [2.05, 4.69) is 25.9 Å². The quantitative estimate of drug-likeness (QED) is 0.725. The number of benzene rings is 2. The van der Waals surface area contributed by atoms with Crippen molar-refractivity contribution in [1.82, 2.24) is 20.6 Å². The fraction of sp³-hybridized carbons (Fsp3) is 0.176. The van der Waals surface area contributed by atoms with Crippen molar-refractivity contribution in [3.8, 4) is 5.75 Å². The summed E-state index contributed by atoms with van der Waals surface area (Å²) < 4.78 is 5.23. The number of hydrogen-bond donors (Lipinski definition) is 2. The van der Waals surface area contributed by atoms with Crippen LogP contribution in [0.4, 0.5) is 5.69 Å². The number of amides is 1. The average molecular weight is 323 g/mol. The Kier molecular flexibility index (Phi) is 4.81. The lowest BCUT2D eigenvalue weighted by Gasteiger charge is -2.14. The first-order chi connectivity index (χ1) is 11.8. The summed E-state index contributed by atoms with van der Waals surface area (Å²) in [6.07, 6.45) is 0.440. The molecule has 3 aromatic rings. The molecule has 7 nitrogen and oxygen atoms in total. The highest BCUT2D eigenvalue weighted by atomic mass is 16.5. The Morgan fingerprint density at radius 3 is 2.75 bits per heavy atom. The molecule has 0 radical (unpaired) electrons. The number of rotatable bonds is 6. The van der Waals surface area contributed by atoms with E-state index in [0.29, 0.717) is 12.2 Å². The number of tetrazole rings is 1.